The molecule has 0 bridgehead atoms. The Balaban J connectivity index is 1.54. The van der Waals surface area contributed by atoms with Gasteiger partial charge in [-0.15, -0.1) is 0 Å². The van der Waals surface area contributed by atoms with Crippen molar-refractivity contribution in [2.24, 2.45) is 0 Å². The van der Waals surface area contributed by atoms with E-state index in [-0.39, 0.29) is 19.3 Å². The molecule has 0 amide bonds. The second kappa shape index (κ2) is 6.79. The lowest BCUT2D eigenvalue weighted by molar-refractivity contribution is 0.113. The molecule has 1 atom stereocenters. The molecule has 1 aliphatic rings. The number of fused-ring (bicyclic) bond motifs is 1. The highest BCUT2D eigenvalue weighted by molar-refractivity contribution is 5.47. The molecule has 0 fully saturated rings. The Morgan fingerprint density at radius 1 is 1.29 bits per heavy atom. The largest absolute Gasteiger partial charge is 0.491 e. The molecule has 0 aliphatic carbocycles. The van der Waals surface area contributed by atoms with Crippen molar-refractivity contribution in [2.45, 2.75) is 13.0 Å². The van der Waals surface area contributed by atoms with Gasteiger partial charge in [-0.2, -0.15) is 4.98 Å². The summed E-state index contributed by atoms with van der Waals surface area (Å²) in [6.07, 6.45) is -0.697. The van der Waals surface area contributed by atoms with Crippen LogP contribution >= 0.6 is 0 Å². The number of aliphatic hydroxyl groups is 1. The number of nitrogens with two attached hydrogens (primary N) is 1. The van der Waals surface area contributed by atoms with Crippen LogP contribution in [0.5, 0.6) is 17.2 Å². The van der Waals surface area contributed by atoms with Crippen LogP contribution in [0.4, 0.5) is 11.8 Å². The van der Waals surface area contributed by atoms with Crippen molar-refractivity contribution in [2.75, 3.05) is 37.6 Å². The van der Waals surface area contributed by atoms with E-state index in [0.717, 1.165) is 5.69 Å². The van der Waals surface area contributed by atoms with Gasteiger partial charge in [0.25, 0.3) is 0 Å². The molecule has 2 heterocycles. The molecular weight excluding hydrogens is 312 g/mol. The maximum Gasteiger partial charge on any atom is 0.231 e. The molecule has 3 N–H and O–H groups in total. The van der Waals surface area contributed by atoms with E-state index in [4.69, 9.17) is 19.9 Å². The molecule has 8 nitrogen and oxygen atoms in total. The molecule has 128 valence electrons. The quantitative estimate of drug-likeness (QED) is 0.807. The molecule has 0 saturated carbocycles. The summed E-state index contributed by atoms with van der Waals surface area (Å²) < 4.78 is 16.1. The number of nitrogen functional groups attached to an aromatic ring is 1. The lowest BCUT2D eigenvalue weighted by Gasteiger charge is -2.22. The normalized spacial score (nSPS) is 13.6. The van der Waals surface area contributed by atoms with E-state index in [2.05, 4.69) is 9.97 Å². The zero-order valence-corrected chi connectivity index (χ0v) is 13.6. The van der Waals surface area contributed by atoms with E-state index < -0.39 is 6.10 Å². The maximum atomic E-state index is 10.2. The average Bonchev–Trinajstić information content (AvgIpc) is 2.99. The summed E-state index contributed by atoms with van der Waals surface area (Å²) in [6, 6.07) is 7.11. The molecule has 8 heteroatoms. The van der Waals surface area contributed by atoms with Crippen LogP contribution in [0.15, 0.2) is 24.3 Å². The van der Waals surface area contributed by atoms with Crippen LogP contribution in [-0.4, -0.2) is 48.2 Å². The van der Waals surface area contributed by atoms with Crippen molar-refractivity contribution in [3.63, 3.8) is 0 Å². The van der Waals surface area contributed by atoms with Crippen LogP contribution in [0.3, 0.4) is 0 Å². The highest BCUT2D eigenvalue weighted by atomic mass is 16.7. The SMILES string of the molecule is Cc1cc(N(C)CC(O)COc2ccc3c(c2)OCO3)nc(N)n1. The fourth-order valence-corrected chi connectivity index (χ4v) is 2.39. The fourth-order valence-electron chi connectivity index (χ4n) is 2.39. The molecule has 0 radical (unpaired) electrons. The number of ether oxygens (including phenoxy) is 3. The second-order valence-electron chi connectivity index (χ2n) is 5.59. The van der Waals surface area contributed by atoms with Gasteiger partial charge in [-0.3, -0.25) is 0 Å². The minimum Gasteiger partial charge on any atom is -0.491 e. The van der Waals surface area contributed by atoms with Crippen molar-refractivity contribution in [1.82, 2.24) is 9.97 Å². The van der Waals surface area contributed by atoms with Crippen LogP contribution in [0, 0.1) is 6.92 Å². The lowest BCUT2D eigenvalue weighted by atomic mass is 10.3. The van der Waals surface area contributed by atoms with E-state index in [0.29, 0.717) is 29.6 Å². The Hall–Kier alpha value is -2.74. The van der Waals surface area contributed by atoms with Gasteiger partial charge in [0.05, 0.1) is 0 Å². The third-order valence-electron chi connectivity index (χ3n) is 3.52. The molecule has 0 spiro atoms. The zero-order chi connectivity index (χ0) is 17.1. The van der Waals surface area contributed by atoms with Crippen molar-refractivity contribution in [1.29, 1.82) is 0 Å². The first-order chi connectivity index (χ1) is 11.5. The number of anilines is 2. The predicted octanol–water partition coefficient (Wildman–Crippen LogP) is 0.972. The number of aliphatic hydroxyl groups excluding tert-OH is 1. The number of likely N-dealkylation sites (N-methyl/N-ethyl adjacent to an activating group) is 1. The summed E-state index contributed by atoms with van der Waals surface area (Å²) in [6.45, 7) is 2.55. The highest BCUT2D eigenvalue weighted by Crippen LogP contribution is 2.35. The average molecular weight is 332 g/mol. The summed E-state index contributed by atoms with van der Waals surface area (Å²) in [5.74, 6) is 2.82. The van der Waals surface area contributed by atoms with Gasteiger partial charge in [-0.25, -0.2) is 4.98 Å². The van der Waals surface area contributed by atoms with E-state index in [1.165, 1.54) is 0 Å². The molecule has 1 aromatic carbocycles. The first-order valence-electron chi connectivity index (χ1n) is 7.54. The van der Waals surface area contributed by atoms with Crippen LogP contribution in [-0.2, 0) is 0 Å². The Morgan fingerprint density at radius 2 is 2.08 bits per heavy atom. The fraction of sp³-hybridized carbons (Fsp3) is 0.375. The Morgan fingerprint density at radius 3 is 2.88 bits per heavy atom. The summed E-state index contributed by atoms with van der Waals surface area (Å²) in [4.78, 5) is 9.99. The van der Waals surface area contributed by atoms with E-state index >= 15 is 0 Å². The van der Waals surface area contributed by atoms with Gasteiger partial charge in [0.15, 0.2) is 11.5 Å². The summed E-state index contributed by atoms with van der Waals surface area (Å²) in [7, 11) is 1.82. The summed E-state index contributed by atoms with van der Waals surface area (Å²) in [5, 5.41) is 10.2. The molecular formula is C16H20N4O4. The van der Waals surface area contributed by atoms with E-state index in [1.54, 1.807) is 23.1 Å². The number of aryl methyl sites for hydroxylation is 1. The number of nitrogens with zero attached hydrogens (tertiary/aromatic N) is 3. The lowest BCUT2D eigenvalue weighted by Crippen LogP contribution is -2.33. The summed E-state index contributed by atoms with van der Waals surface area (Å²) in [5.41, 5.74) is 6.42. The topological polar surface area (TPSA) is 103 Å². The van der Waals surface area contributed by atoms with Gasteiger partial charge < -0.3 is 30.0 Å². The zero-order valence-electron chi connectivity index (χ0n) is 13.6. The third-order valence-corrected chi connectivity index (χ3v) is 3.52. The van der Waals surface area contributed by atoms with Crippen molar-refractivity contribution >= 4 is 11.8 Å². The van der Waals surface area contributed by atoms with Gasteiger partial charge in [0, 0.05) is 31.4 Å². The van der Waals surface area contributed by atoms with Gasteiger partial charge in [0.2, 0.25) is 12.7 Å². The molecule has 1 aromatic heterocycles. The molecule has 3 rings (SSSR count). The first-order valence-corrected chi connectivity index (χ1v) is 7.54. The van der Waals surface area contributed by atoms with E-state index in [9.17, 15) is 5.11 Å². The Bertz CT molecular complexity index is 705. The Labute approximate surface area is 139 Å². The number of benzene rings is 1. The molecule has 1 aliphatic heterocycles. The minimum atomic E-state index is -0.697. The number of rotatable bonds is 6. The molecule has 1 unspecified atom stereocenters. The number of hydrogen-bond donors (Lipinski definition) is 2. The molecule has 2 aromatic rings. The van der Waals surface area contributed by atoms with Crippen LogP contribution < -0.4 is 24.8 Å². The minimum absolute atomic E-state index is 0.142. The van der Waals surface area contributed by atoms with Crippen LogP contribution in [0.1, 0.15) is 5.69 Å². The first kappa shape index (κ1) is 16.1. The van der Waals surface area contributed by atoms with Crippen molar-refractivity contribution in [3.8, 4) is 17.2 Å². The highest BCUT2D eigenvalue weighted by Gasteiger charge is 2.15. The van der Waals surface area contributed by atoms with Crippen molar-refractivity contribution in [3.05, 3.63) is 30.0 Å². The van der Waals surface area contributed by atoms with Crippen LogP contribution in [0.2, 0.25) is 0 Å². The summed E-state index contributed by atoms with van der Waals surface area (Å²) >= 11 is 0. The second-order valence-corrected chi connectivity index (χ2v) is 5.59. The van der Waals surface area contributed by atoms with Gasteiger partial charge >= 0.3 is 0 Å². The monoisotopic (exact) mass is 332 g/mol. The molecule has 0 saturated heterocycles. The predicted molar refractivity (Wildman–Crippen MR) is 88.5 cm³/mol. The Kier molecular flexibility index (Phi) is 4.57. The maximum absolute atomic E-state index is 10.2. The number of hydrogen-bond acceptors (Lipinski definition) is 8. The van der Waals surface area contributed by atoms with Gasteiger partial charge in [-0.05, 0) is 19.1 Å². The van der Waals surface area contributed by atoms with Crippen LogP contribution in [0.25, 0.3) is 0 Å². The number of aromatic nitrogens is 2. The standard InChI is InChI=1S/C16H20N4O4/c1-10-5-15(19-16(17)18-10)20(2)7-11(21)8-22-12-3-4-13-14(6-12)24-9-23-13/h3-6,11,21H,7-9H2,1-2H3,(H2,17,18,19). The van der Waals surface area contributed by atoms with E-state index in [1.807, 2.05) is 20.0 Å². The third kappa shape index (κ3) is 3.77. The smallest absolute Gasteiger partial charge is 0.231 e. The van der Waals surface area contributed by atoms with Gasteiger partial charge in [0.1, 0.15) is 24.3 Å². The van der Waals surface area contributed by atoms with Crippen molar-refractivity contribution < 1.29 is 19.3 Å². The molecule has 24 heavy (non-hydrogen) atoms. The van der Waals surface area contributed by atoms with Gasteiger partial charge in [-0.1, -0.05) is 0 Å².